The number of rotatable bonds is 7. The van der Waals surface area contributed by atoms with Crippen LogP contribution in [0.15, 0.2) is 42.5 Å². The highest BCUT2D eigenvalue weighted by atomic mass is 16.7. The van der Waals surface area contributed by atoms with Crippen molar-refractivity contribution < 1.29 is 19.3 Å². The second-order valence-electron chi connectivity index (χ2n) is 6.05. The number of aliphatic hydroxyl groups is 1. The van der Waals surface area contributed by atoms with Crippen molar-refractivity contribution in [3.05, 3.63) is 53.6 Å². The molecular formula is C19H23NO4. The van der Waals surface area contributed by atoms with Crippen LogP contribution in [0.2, 0.25) is 0 Å². The quantitative estimate of drug-likeness (QED) is 0.846. The SMILES string of the molecule is COc1ccc(CN(Cc2ccc3c(c2)OCO3)CC(C)O)cc1. The third kappa shape index (κ3) is 4.19. The fourth-order valence-electron chi connectivity index (χ4n) is 2.85. The van der Waals surface area contributed by atoms with Crippen molar-refractivity contribution in [2.75, 3.05) is 20.4 Å². The molecule has 0 bridgehead atoms. The minimum absolute atomic E-state index is 0.280. The fraction of sp³-hybridized carbons (Fsp3) is 0.368. The van der Waals surface area contributed by atoms with Crippen molar-refractivity contribution in [1.82, 2.24) is 4.90 Å². The lowest BCUT2D eigenvalue weighted by molar-refractivity contribution is 0.118. The van der Waals surface area contributed by atoms with Gasteiger partial charge in [0.25, 0.3) is 0 Å². The maximum Gasteiger partial charge on any atom is 0.231 e. The molecule has 128 valence electrons. The van der Waals surface area contributed by atoms with Gasteiger partial charge >= 0.3 is 0 Å². The average Bonchev–Trinajstić information content (AvgIpc) is 3.02. The second-order valence-corrected chi connectivity index (χ2v) is 6.05. The first-order valence-corrected chi connectivity index (χ1v) is 8.06. The van der Waals surface area contributed by atoms with E-state index in [1.807, 2.05) is 42.5 Å². The molecule has 5 nitrogen and oxygen atoms in total. The Balaban J connectivity index is 1.71. The zero-order valence-electron chi connectivity index (χ0n) is 14.1. The van der Waals surface area contributed by atoms with Gasteiger partial charge in [-0.3, -0.25) is 4.90 Å². The number of hydrogen-bond donors (Lipinski definition) is 1. The van der Waals surface area contributed by atoms with Gasteiger partial charge in [0.05, 0.1) is 13.2 Å². The van der Waals surface area contributed by atoms with Crippen LogP contribution in [0, 0.1) is 0 Å². The molecule has 1 aliphatic heterocycles. The zero-order valence-corrected chi connectivity index (χ0v) is 14.1. The molecule has 1 N–H and O–H groups in total. The third-order valence-corrected chi connectivity index (χ3v) is 3.93. The first-order chi connectivity index (χ1) is 11.6. The van der Waals surface area contributed by atoms with E-state index >= 15 is 0 Å². The number of ether oxygens (including phenoxy) is 3. The summed E-state index contributed by atoms with van der Waals surface area (Å²) in [6.07, 6.45) is -0.391. The van der Waals surface area contributed by atoms with Crippen LogP contribution in [0.3, 0.4) is 0 Å². The predicted molar refractivity (Wildman–Crippen MR) is 91.4 cm³/mol. The number of hydrogen-bond acceptors (Lipinski definition) is 5. The summed E-state index contributed by atoms with van der Waals surface area (Å²) < 4.78 is 16.0. The predicted octanol–water partition coefficient (Wildman–Crippen LogP) is 2.81. The average molecular weight is 329 g/mol. The topological polar surface area (TPSA) is 51.2 Å². The van der Waals surface area contributed by atoms with Crippen molar-refractivity contribution in [1.29, 1.82) is 0 Å². The minimum Gasteiger partial charge on any atom is -0.497 e. The van der Waals surface area contributed by atoms with Gasteiger partial charge < -0.3 is 19.3 Å². The second kappa shape index (κ2) is 7.55. The van der Waals surface area contributed by atoms with Crippen molar-refractivity contribution in [2.45, 2.75) is 26.1 Å². The van der Waals surface area contributed by atoms with Gasteiger partial charge in [0.2, 0.25) is 6.79 Å². The zero-order chi connectivity index (χ0) is 16.9. The van der Waals surface area contributed by atoms with E-state index in [2.05, 4.69) is 4.90 Å². The molecule has 5 heteroatoms. The summed E-state index contributed by atoms with van der Waals surface area (Å²) in [5.74, 6) is 2.42. The van der Waals surface area contributed by atoms with E-state index in [9.17, 15) is 5.11 Å². The molecule has 3 rings (SSSR count). The lowest BCUT2D eigenvalue weighted by Gasteiger charge is -2.24. The monoisotopic (exact) mass is 329 g/mol. The highest BCUT2D eigenvalue weighted by Crippen LogP contribution is 2.33. The molecule has 2 aromatic carbocycles. The number of methoxy groups -OCH3 is 1. The number of aliphatic hydroxyl groups excluding tert-OH is 1. The van der Waals surface area contributed by atoms with Crippen LogP contribution in [0.4, 0.5) is 0 Å². The molecule has 0 fully saturated rings. The lowest BCUT2D eigenvalue weighted by atomic mass is 10.1. The van der Waals surface area contributed by atoms with Crippen molar-refractivity contribution in [3.8, 4) is 17.2 Å². The standard InChI is InChI=1S/C19H23NO4/c1-14(21)10-20(11-15-3-6-17(22-2)7-4-15)12-16-5-8-18-19(9-16)24-13-23-18/h3-9,14,21H,10-13H2,1-2H3. The van der Waals surface area contributed by atoms with Crippen LogP contribution in [-0.4, -0.2) is 36.6 Å². The van der Waals surface area contributed by atoms with Crippen LogP contribution in [-0.2, 0) is 13.1 Å². The number of nitrogens with zero attached hydrogens (tertiary/aromatic N) is 1. The van der Waals surface area contributed by atoms with E-state index in [0.717, 1.165) is 35.9 Å². The highest BCUT2D eigenvalue weighted by Gasteiger charge is 2.15. The molecule has 0 spiro atoms. The van der Waals surface area contributed by atoms with Gasteiger partial charge in [-0.05, 0) is 42.3 Å². The van der Waals surface area contributed by atoms with E-state index in [1.54, 1.807) is 14.0 Å². The van der Waals surface area contributed by atoms with E-state index < -0.39 is 6.10 Å². The van der Waals surface area contributed by atoms with Gasteiger partial charge in [0, 0.05) is 19.6 Å². The molecule has 0 radical (unpaired) electrons. The Morgan fingerprint density at radius 3 is 2.42 bits per heavy atom. The molecule has 2 aromatic rings. The van der Waals surface area contributed by atoms with Gasteiger partial charge in [-0.1, -0.05) is 18.2 Å². The largest absolute Gasteiger partial charge is 0.497 e. The molecule has 0 saturated heterocycles. The van der Waals surface area contributed by atoms with Crippen LogP contribution >= 0.6 is 0 Å². The van der Waals surface area contributed by atoms with Gasteiger partial charge in [0.1, 0.15) is 5.75 Å². The normalized spacial score (nSPS) is 14.0. The third-order valence-electron chi connectivity index (χ3n) is 3.93. The molecule has 0 aromatic heterocycles. The van der Waals surface area contributed by atoms with Crippen LogP contribution in [0.5, 0.6) is 17.2 Å². The summed E-state index contributed by atoms with van der Waals surface area (Å²) >= 11 is 0. The summed E-state index contributed by atoms with van der Waals surface area (Å²) in [7, 11) is 1.66. The summed E-state index contributed by atoms with van der Waals surface area (Å²) in [5.41, 5.74) is 2.31. The highest BCUT2D eigenvalue weighted by molar-refractivity contribution is 5.44. The van der Waals surface area contributed by atoms with E-state index in [1.165, 1.54) is 5.56 Å². The first kappa shape index (κ1) is 16.6. The van der Waals surface area contributed by atoms with Gasteiger partial charge in [-0.25, -0.2) is 0 Å². The van der Waals surface area contributed by atoms with Crippen LogP contribution < -0.4 is 14.2 Å². The Kier molecular flexibility index (Phi) is 5.23. The van der Waals surface area contributed by atoms with E-state index in [-0.39, 0.29) is 6.79 Å². The fourth-order valence-corrected chi connectivity index (χ4v) is 2.85. The lowest BCUT2D eigenvalue weighted by Crippen LogP contribution is -2.30. The maximum absolute atomic E-state index is 9.81. The smallest absolute Gasteiger partial charge is 0.231 e. The molecule has 1 heterocycles. The minimum atomic E-state index is -0.391. The van der Waals surface area contributed by atoms with Crippen molar-refractivity contribution >= 4 is 0 Å². The number of fused-ring (bicyclic) bond motifs is 1. The molecule has 1 atom stereocenters. The van der Waals surface area contributed by atoms with Gasteiger partial charge in [-0.2, -0.15) is 0 Å². The summed E-state index contributed by atoms with van der Waals surface area (Å²) in [6.45, 7) is 4.17. The maximum atomic E-state index is 9.81. The Bertz CT molecular complexity index is 670. The Morgan fingerprint density at radius 2 is 1.71 bits per heavy atom. The Hall–Kier alpha value is -2.24. The molecule has 24 heavy (non-hydrogen) atoms. The molecule has 0 saturated carbocycles. The molecular weight excluding hydrogens is 306 g/mol. The number of benzene rings is 2. The van der Waals surface area contributed by atoms with E-state index in [0.29, 0.717) is 6.54 Å². The summed E-state index contributed by atoms with van der Waals surface area (Å²) in [5, 5.41) is 9.81. The Morgan fingerprint density at radius 1 is 1.04 bits per heavy atom. The summed E-state index contributed by atoms with van der Waals surface area (Å²) in [6, 6.07) is 14.0. The van der Waals surface area contributed by atoms with E-state index in [4.69, 9.17) is 14.2 Å². The molecule has 1 aliphatic rings. The van der Waals surface area contributed by atoms with Gasteiger partial charge in [-0.15, -0.1) is 0 Å². The van der Waals surface area contributed by atoms with Gasteiger partial charge in [0.15, 0.2) is 11.5 Å². The summed E-state index contributed by atoms with van der Waals surface area (Å²) in [4.78, 5) is 2.21. The van der Waals surface area contributed by atoms with Crippen molar-refractivity contribution in [2.24, 2.45) is 0 Å². The Labute approximate surface area is 142 Å². The first-order valence-electron chi connectivity index (χ1n) is 8.06. The molecule has 1 unspecified atom stereocenters. The van der Waals surface area contributed by atoms with Crippen molar-refractivity contribution in [3.63, 3.8) is 0 Å². The molecule has 0 amide bonds. The van der Waals surface area contributed by atoms with Crippen LogP contribution in [0.25, 0.3) is 0 Å². The molecule has 0 aliphatic carbocycles. The van der Waals surface area contributed by atoms with Crippen LogP contribution in [0.1, 0.15) is 18.1 Å².